The normalized spacial score (nSPS) is 24.2. The highest BCUT2D eigenvalue weighted by atomic mass is 16.4. The first-order valence-corrected chi connectivity index (χ1v) is 8.41. The number of hydrogen-bond donors (Lipinski definition) is 2. The topological polar surface area (TPSA) is 115 Å². The molecule has 8 nitrogen and oxygen atoms in total. The first kappa shape index (κ1) is 18.4. The Bertz CT molecular complexity index is 521. The van der Waals surface area contributed by atoms with Crippen LogP contribution >= 0.6 is 0 Å². The van der Waals surface area contributed by atoms with Crippen molar-refractivity contribution in [1.82, 2.24) is 9.80 Å². The van der Waals surface area contributed by atoms with E-state index in [2.05, 4.69) is 0 Å². The molecule has 2 heterocycles. The predicted molar refractivity (Wildman–Crippen MR) is 83.5 cm³/mol. The van der Waals surface area contributed by atoms with Gasteiger partial charge in [0.05, 0.1) is 6.54 Å². The molecule has 2 aliphatic rings. The van der Waals surface area contributed by atoms with Gasteiger partial charge < -0.3 is 15.1 Å². The van der Waals surface area contributed by atoms with Crippen molar-refractivity contribution < 1.29 is 29.4 Å². The summed E-state index contributed by atoms with van der Waals surface area (Å²) in [5.74, 6) is -2.18. The van der Waals surface area contributed by atoms with E-state index in [4.69, 9.17) is 10.2 Å². The molecule has 0 radical (unpaired) electrons. The molecule has 2 fully saturated rings. The summed E-state index contributed by atoms with van der Waals surface area (Å²) in [7, 11) is 0. The minimum atomic E-state index is -0.981. The quantitative estimate of drug-likeness (QED) is 0.655. The van der Waals surface area contributed by atoms with Gasteiger partial charge in [-0.3, -0.25) is 19.3 Å². The van der Waals surface area contributed by atoms with Crippen LogP contribution in [0.25, 0.3) is 0 Å². The molecule has 2 aliphatic heterocycles. The van der Waals surface area contributed by atoms with Gasteiger partial charge in [0.15, 0.2) is 0 Å². The van der Waals surface area contributed by atoms with Crippen LogP contribution in [0.15, 0.2) is 0 Å². The van der Waals surface area contributed by atoms with Gasteiger partial charge in [0.25, 0.3) is 0 Å². The summed E-state index contributed by atoms with van der Waals surface area (Å²) in [6.45, 7) is 1.17. The van der Waals surface area contributed by atoms with Gasteiger partial charge in [-0.25, -0.2) is 4.79 Å². The van der Waals surface area contributed by atoms with Crippen molar-refractivity contribution in [1.29, 1.82) is 0 Å². The molecule has 2 atom stereocenters. The maximum Gasteiger partial charge on any atom is 0.326 e. The van der Waals surface area contributed by atoms with Crippen molar-refractivity contribution in [2.24, 2.45) is 0 Å². The first-order valence-electron chi connectivity index (χ1n) is 8.41. The van der Waals surface area contributed by atoms with Crippen molar-refractivity contribution in [2.75, 3.05) is 19.6 Å². The summed E-state index contributed by atoms with van der Waals surface area (Å²) in [5, 5.41) is 18.2. The minimum Gasteiger partial charge on any atom is -0.480 e. The van der Waals surface area contributed by atoms with Crippen LogP contribution in [0, 0.1) is 0 Å². The van der Waals surface area contributed by atoms with Crippen LogP contribution in [0.5, 0.6) is 0 Å². The Morgan fingerprint density at radius 3 is 2.17 bits per heavy atom. The number of rotatable bonds is 8. The molecule has 24 heavy (non-hydrogen) atoms. The molecule has 0 aliphatic carbocycles. The fraction of sp³-hybridized carbons (Fsp3) is 0.750. The predicted octanol–water partition coefficient (Wildman–Crippen LogP) is 0.350. The van der Waals surface area contributed by atoms with Crippen LogP contribution in [0.3, 0.4) is 0 Å². The third kappa shape index (κ3) is 4.53. The van der Waals surface area contributed by atoms with E-state index in [1.165, 1.54) is 4.90 Å². The number of aliphatic carboxylic acids is 2. The molecule has 2 N–H and O–H groups in total. The Kier molecular flexibility index (Phi) is 6.30. The van der Waals surface area contributed by atoms with Gasteiger partial charge in [-0.15, -0.1) is 0 Å². The molecule has 2 rings (SSSR count). The summed E-state index contributed by atoms with van der Waals surface area (Å²) in [5.41, 5.74) is 0. The molecule has 0 aromatic rings. The van der Waals surface area contributed by atoms with Gasteiger partial charge in [-0.1, -0.05) is 0 Å². The summed E-state index contributed by atoms with van der Waals surface area (Å²) >= 11 is 0. The second-order valence-electron chi connectivity index (χ2n) is 6.44. The number of carbonyl (C=O) groups excluding carboxylic acids is 2. The number of amides is 1. The summed E-state index contributed by atoms with van der Waals surface area (Å²) in [4.78, 5) is 49.3. The van der Waals surface area contributed by atoms with Gasteiger partial charge in [-0.2, -0.15) is 0 Å². The molecule has 0 aromatic carbocycles. The average Bonchev–Trinajstić information content (AvgIpc) is 3.15. The lowest BCUT2D eigenvalue weighted by atomic mass is 10.1. The Balaban J connectivity index is 1.71. The fourth-order valence-corrected chi connectivity index (χ4v) is 3.50. The number of carboxylic acids is 2. The van der Waals surface area contributed by atoms with E-state index < -0.39 is 24.0 Å². The minimum absolute atomic E-state index is 0.0767. The van der Waals surface area contributed by atoms with E-state index in [1.54, 1.807) is 4.90 Å². The van der Waals surface area contributed by atoms with E-state index in [0.717, 1.165) is 6.42 Å². The number of nitrogens with zero attached hydrogens (tertiary/aromatic N) is 2. The SMILES string of the molecule is O=C(CCCC(=O)N1CCC[C@@H]1C(=O)O)CN1CCC[C@@H]1C(=O)O. The average molecular weight is 340 g/mol. The van der Waals surface area contributed by atoms with Gasteiger partial charge in [0, 0.05) is 19.4 Å². The number of carbonyl (C=O) groups is 4. The smallest absolute Gasteiger partial charge is 0.326 e. The standard InChI is InChI=1S/C16H24N2O6/c19-11(10-17-8-2-5-12(17)15(21)22)4-1-7-14(20)18-9-3-6-13(18)16(23)24/h12-13H,1-10H2,(H,21,22)(H,23,24)/t12-,13-/m1/s1. The Morgan fingerprint density at radius 2 is 1.50 bits per heavy atom. The van der Waals surface area contributed by atoms with E-state index in [-0.39, 0.29) is 31.1 Å². The lowest BCUT2D eigenvalue weighted by Gasteiger charge is -2.22. The molecular weight excluding hydrogens is 316 g/mol. The zero-order valence-corrected chi connectivity index (χ0v) is 13.6. The number of carboxylic acid groups (broad SMARTS) is 2. The van der Waals surface area contributed by atoms with Gasteiger partial charge in [0.2, 0.25) is 5.91 Å². The van der Waals surface area contributed by atoms with E-state index >= 15 is 0 Å². The van der Waals surface area contributed by atoms with Crippen molar-refractivity contribution in [2.45, 2.75) is 57.0 Å². The van der Waals surface area contributed by atoms with Crippen LogP contribution in [-0.2, 0) is 19.2 Å². The third-order valence-electron chi connectivity index (χ3n) is 4.73. The molecule has 2 saturated heterocycles. The molecule has 0 spiro atoms. The molecule has 134 valence electrons. The second-order valence-corrected chi connectivity index (χ2v) is 6.44. The van der Waals surface area contributed by atoms with Crippen LogP contribution in [-0.4, -0.2) is 75.4 Å². The van der Waals surface area contributed by atoms with E-state index in [9.17, 15) is 19.2 Å². The van der Waals surface area contributed by atoms with Crippen LogP contribution in [0.1, 0.15) is 44.9 Å². The third-order valence-corrected chi connectivity index (χ3v) is 4.73. The van der Waals surface area contributed by atoms with Gasteiger partial charge >= 0.3 is 11.9 Å². The lowest BCUT2D eigenvalue weighted by Crippen LogP contribution is -2.40. The van der Waals surface area contributed by atoms with E-state index in [1.807, 2.05) is 0 Å². The molecular formula is C16H24N2O6. The highest BCUT2D eigenvalue weighted by Gasteiger charge is 2.34. The van der Waals surface area contributed by atoms with Crippen LogP contribution < -0.4 is 0 Å². The zero-order chi connectivity index (χ0) is 17.7. The second kappa shape index (κ2) is 8.23. The summed E-state index contributed by atoms with van der Waals surface area (Å²) < 4.78 is 0. The molecule has 0 unspecified atom stereocenters. The van der Waals surface area contributed by atoms with Crippen molar-refractivity contribution in [3.63, 3.8) is 0 Å². The zero-order valence-electron chi connectivity index (χ0n) is 13.6. The summed E-state index contributed by atoms with van der Waals surface area (Å²) in [6.07, 6.45) is 3.23. The maximum absolute atomic E-state index is 12.1. The monoisotopic (exact) mass is 340 g/mol. The van der Waals surface area contributed by atoms with Crippen molar-refractivity contribution >= 4 is 23.6 Å². The maximum atomic E-state index is 12.1. The van der Waals surface area contributed by atoms with Gasteiger partial charge in [-0.05, 0) is 38.6 Å². The van der Waals surface area contributed by atoms with E-state index in [0.29, 0.717) is 38.8 Å². The highest BCUT2D eigenvalue weighted by molar-refractivity contribution is 5.85. The Labute approximate surface area is 140 Å². The molecule has 0 saturated carbocycles. The first-order chi connectivity index (χ1) is 11.4. The molecule has 0 aromatic heterocycles. The molecule has 1 amide bonds. The van der Waals surface area contributed by atoms with Gasteiger partial charge in [0.1, 0.15) is 17.9 Å². The Hall–Kier alpha value is -1.96. The largest absolute Gasteiger partial charge is 0.480 e. The highest BCUT2D eigenvalue weighted by Crippen LogP contribution is 2.20. The fourth-order valence-electron chi connectivity index (χ4n) is 3.50. The Morgan fingerprint density at radius 1 is 0.875 bits per heavy atom. The van der Waals surface area contributed by atoms with Crippen LogP contribution in [0.2, 0.25) is 0 Å². The van der Waals surface area contributed by atoms with Crippen LogP contribution in [0.4, 0.5) is 0 Å². The molecule has 0 bridgehead atoms. The van der Waals surface area contributed by atoms with Crippen molar-refractivity contribution in [3.05, 3.63) is 0 Å². The number of Topliss-reactive ketones (excluding diaryl/α,β-unsaturated/α-hetero) is 1. The number of hydrogen-bond acceptors (Lipinski definition) is 5. The molecule has 8 heteroatoms. The van der Waals surface area contributed by atoms with Crippen molar-refractivity contribution in [3.8, 4) is 0 Å². The number of ketones is 1. The summed E-state index contributed by atoms with van der Waals surface area (Å²) in [6, 6.07) is -1.33. The number of likely N-dealkylation sites (tertiary alicyclic amines) is 2. The lowest BCUT2D eigenvalue weighted by molar-refractivity contribution is -0.148.